The monoisotopic (exact) mass is 331 g/mol. The molecule has 0 heterocycles. The molecule has 0 amide bonds. The average Bonchev–Trinajstić information content (AvgIpc) is 3.16. The van der Waals surface area contributed by atoms with Crippen LogP contribution in [0, 0.1) is 5.41 Å². The van der Waals surface area contributed by atoms with Crippen LogP contribution in [0.4, 0.5) is 0 Å². The number of nitrogens with two attached hydrogens (primary N) is 1. The van der Waals surface area contributed by atoms with Crippen LogP contribution in [0.15, 0.2) is 24.3 Å². The maximum atomic E-state index is 12.4. The maximum absolute atomic E-state index is 12.4. The number of rotatable bonds is 7. The van der Waals surface area contributed by atoms with Crippen LogP contribution in [0.5, 0.6) is 0 Å². The van der Waals surface area contributed by atoms with E-state index < -0.39 is 20.5 Å². The van der Waals surface area contributed by atoms with Gasteiger partial charge in [0.1, 0.15) is 0 Å². The Balaban J connectivity index is 2.38. The van der Waals surface area contributed by atoms with Crippen molar-refractivity contribution in [2.45, 2.75) is 25.0 Å². The van der Waals surface area contributed by atoms with Crippen molar-refractivity contribution in [1.29, 1.82) is 0 Å². The van der Waals surface area contributed by atoms with Crippen LogP contribution in [0.3, 0.4) is 0 Å². The average molecular weight is 332 g/mol. The molecule has 4 nitrogen and oxygen atoms in total. The van der Waals surface area contributed by atoms with E-state index in [1.54, 1.807) is 19.1 Å². The highest BCUT2D eigenvalue weighted by Crippen LogP contribution is 2.62. The summed E-state index contributed by atoms with van der Waals surface area (Å²) in [4.78, 5) is 0. The van der Waals surface area contributed by atoms with E-state index in [1.165, 1.54) is 0 Å². The van der Waals surface area contributed by atoms with E-state index in [4.69, 9.17) is 22.1 Å². The molecule has 21 heavy (non-hydrogen) atoms. The molecule has 1 aromatic carbocycles. The molecular formula is C15H22ClNO3S. The van der Waals surface area contributed by atoms with Crippen LogP contribution in [0.1, 0.15) is 25.3 Å². The molecule has 0 spiro atoms. The second kappa shape index (κ2) is 6.24. The highest BCUT2D eigenvalue weighted by molar-refractivity contribution is 7.92. The minimum absolute atomic E-state index is 0.115. The number of hydrogen-bond donors (Lipinski definition) is 1. The summed E-state index contributed by atoms with van der Waals surface area (Å²) in [5.74, 6) is 0.00610. The lowest BCUT2D eigenvalue weighted by Crippen LogP contribution is -2.29. The Labute approximate surface area is 131 Å². The summed E-state index contributed by atoms with van der Waals surface area (Å²) in [6, 6.07) is 7.34. The van der Waals surface area contributed by atoms with E-state index in [1.807, 2.05) is 19.1 Å². The first-order valence-corrected chi connectivity index (χ1v) is 9.27. The number of halogens is 1. The van der Waals surface area contributed by atoms with Crippen molar-refractivity contribution in [1.82, 2.24) is 0 Å². The molecule has 2 N–H and O–H groups in total. The van der Waals surface area contributed by atoms with Gasteiger partial charge >= 0.3 is 0 Å². The van der Waals surface area contributed by atoms with Crippen molar-refractivity contribution in [3.05, 3.63) is 34.9 Å². The SMILES string of the molecule is CCOC[C@]1(CN)[C@H](c2ccc(Cl)cc2)[C@H]1S(=O)(=O)CC. The molecule has 0 aromatic heterocycles. The standard InChI is InChI=1S/C15H22ClNO3S/c1-3-20-10-15(9-17)13(14(15)21(18,19)4-2)11-5-7-12(16)8-6-11/h5-8,13-14H,3-4,9-10,17H2,1-2H3/t13-,14-,15-/m1/s1. The number of sulfone groups is 1. The van der Waals surface area contributed by atoms with Crippen molar-refractivity contribution < 1.29 is 13.2 Å². The van der Waals surface area contributed by atoms with Gasteiger partial charge in [-0.1, -0.05) is 30.7 Å². The van der Waals surface area contributed by atoms with Gasteiger partial charge in [-0.25, -0.2) is 8.42 Å². The number of ether oxygens (including phenoxy) is 1. The van der Waals surface area contributed by atoms with Gasteiger partial charge in [-0.3, -0.25) is 0 Å². The van der Waals surface area contributed by atoms with Gasteiger partial charge in [-0.2, -0.15) is 0 Å². The lowest BCUT2D eigenvalue weighted by Gasteiger charge is -2.15. The number of hydrogen-bond acceptors (Lipinski definition) is 4. The van der Waals surface area contributed by atoms with Gasteiger partial charge in [0.05, 0.1) is 11.9 Å². The summed E-state index contributed by atoms with van der Waals surface area (Å²) in [5.41, 5.74) is 6.39. The Morgan fingerprint density at radius 3 is 2.38 bits per heavy atom. The van der Waals surface area contributed by atoms with E-state index in [9.17, 15) is 8.42 Å². The van der Waals surface area contributed by atoms with Gasteiger partial charge in [0.15, 0.2) is 9.84 Å². The summed E-state index contributed by atoms with van der Waals surface area (Å²) >= 11 is 5.91. The van der Waals surface area contributed by atoms with E-state index in [2.05, 4.69) is 0 Å². The summed E-state index contributed by atoms with van der Waals surface area (Å²) in [7, 11) is -3.18. The molecule has 2 rings (SSSR count). The Kier molecular flexibility index (Phi) is 4.98. The minimum atomic E-state index is -3.18. The zero-order valence-electron chi connectivity index (χ0n) is 12.4. The molecule has 0 bridgehead atoms. The van der Waals surface area contributed by atoms with Crippen molar-refractivity contribution in [3.63, 3.8) is 0 Å². The van der Waals surface area contributed by atoms with Crippen LogP contribution in [-0.4, -0.2) is 39.2 Å². The molecule has 0 radical (unpaired) electrons. The molecular weight excluding hydrogens is 310 g/mol. The second-order valence-corrected chi connectivity index (χ2v) is 8.32. The molecule has 1 aromatic rings. The first kappa shape index (κ1) is 16.7. The molecule has 3 atom stereocenters. The van der Waals surface area contributed by atoms with Crippen molar-refractivity contribution in [2.24, 2.45) is 11.1 Å². The highest BCUT2D eigenvalue weighted by atomic mass is 35.5. The number of benzene rings is 1. The topological polar surface area (TPSA) is 69.4 Å². The van der Waals surface area contributed by atoms with Crippen LogP contribution in [0.2, 0.25) is 5.02 Å². The Morgan fingerprint density at radius 1 is 1.29 bits per heavy atom. The summed E-state index contributed by atoms with van der Waals surface area (Å²) < 4.78 is 30.4. The van der Waals surface area contributed by atoms with Crippen LogP contribution in [0.25, 0.3) is 0 Å². The Bertz CT molecular complexity index is 587. The predicted molar refractivity (Wildman–Crippen MR) is 85.4 cm³/mol. The summed E-state index contributed by atoms with van der Waals surface area (Å²) in [6.45, 7) is 4.79. The van der Waals surface area contributed by atoms with Crippen molar-refractivity contribution in [2.75, 3.05) is 25.5 Å². The van der Waals surface area contributed by atoms with Gasteiger partial charge in [-0.15, -0.1) is 0 Å². The zero-order valence-corrected chi connectivity index (χ0v) is 14.0. The van der Waals surface area contributed by atoms with Crippen LogP contribution in [-0.2, 0) is 14.6 Å². The van der Waals surface area contributed by atoms with E-state index in [-0.39, 0.29) is 11.7 Å². The smallest absolute Gasteiger partial charge is 0.154 e. The normalized spacial score (nSPS) is 28.6. The molecule has 1 aliphatic rings. The second-order valence-electron chi connectivity index (χ2n) is 5.48. The molecule has 0 unspecified atom stereocenters. The summed E-state index contributed by atoms with van der Waals surface area (Å²) in [6.07, 6.45) is 0. The third-order valence-electron chi connectivity index (χ3n) is 4.35. The molecule has 118 valence electrons. The van der Waals surface area contributed by atoms with E-state index in [0.717, 1.165) is 5.56 Å². The predicted octanol–water partition coefficient (Wildman–Crippen LogP) is 2.22. The van der Waals surface area contributed by atoms with Crippen LogP contribution >= 0.6 is 11.6 Å². The molecule has 6 heteroatoms. The van der Waals surface area contributed by atoms with Crippen molar-refractivity contribution in [3.8, 4) is 0 Å². The fourth-order valence-electron chi connectivity index (χ4n) is 3.14. The van der Waals surface area contributed by atoms with Gasteiger partial charge in [0.2, 0.25) is 0 Å². The quantitative estimate of drug-likeness (QED) is 0.831. The zero-order chi connectivity index (χ0) is 15.7. The molecule has 1 aliphatic carbocycles. The van der Waals surface area contributed by atoms with E-state index in [0.29, 0.717) is 24.8 Å². The van der Waals surface area contributed by atoms with Crippen molar-refractivity contribution >= 4 is 21.4 Å². The molecule has 0 saturated heterocycles. The van der Waals surface area contributed by atoms with Gasteiger partial charge in [-0.05, 0) is 24.6 Å². The maximum Gasteiger partial charge on any atom is 0.154 e. The molecule has 1 saturated carbocycles. The highest BCUT2D eigenvalue weighted by Gasteiger charge is 2.69. The van der Waals surface area contributed by atoms with Crippen LogP contribution < -0.4 is 5.73 Å². The minimum Gasteiger partial charge on any atom is -0.381 e. The van der Waals surface area contributed by atoms with Gasteiger partial charge < -0.3 is 10.5 Å². The Morgan fingerprint density at radius 2 is 1.90 bits per heavy atom. The Hall–Kier alpha value is -0.620. The third kappa shape index (κ3) is 2.97. The first-order chi connectivity index (χ1) is 9.93. The lowest BCUT2D eigenvalue weighted by atomic mass is 10.00. The fourth-order valence-corrected chi connectivity index (χ4v) is 5.42. The molecule has 1 fully saturated rings. The first-order valence-electron chi connectivity index (χ1n) is 7.17. The fraction of sp³-hybridized carbons (Fsp3) is 0.600. The van der Waals surface area contributed by atoms with Gasteiger partial charge in [0, 0.05) is 35.3 Å². The summed E-state index contributed by atoms with van der Waals surface area (Å²) in [5, 5.41) is 0.171. The lowest BCUT2D eigenvalue weighted by molar-refractivity contribution is 0.101. The van der Waals surface area contributed by atoms with Gasteiger partial charge in [0.25, 0.3) is 0 Å². The third-order valence-corrected chi connectivity index (χ3v) is 6.93. The largest absolute Gasteiger partial charge is 0.381 e. The molecule has 0 aliphatic heterocycles. The van der Waals surface area contributed by atoms with E-state index >= 15 is 0 Å².